The third-order valence-electron chi connectivity index (χ3n) is 3.88. The molecule has 0 aliphatic carbocycles. The number of nitrogens with one attached hydrogen (secondary N) is 1. The van der Waals surface area contributed by atoms with Crippen molar-refractivity contribution in [3.05, 3.63) is 69.4 Å². The number of hydrogen-bond donors (Lipinski definition) is 1. The monoisotopic (exact) mass is 484 g/mol. The molecule has 0 saturated carbocycles. The smallest absolute Gasteiger partial charge is 0.340 e. The van der Waals surface area contributed by atoms with Gasteiger partial charge < -0.3 is 10.2 Å². The molecule has 0 unspecified atom stereocenters. The van der Waals surface area contributed by atoms with Gasteiger partial charge in [-0.3, -0.25) is 0 Å². The lowest BCUT2D eigenvalue weighted by Crippen LogP contribution is -2.17. The first-order valence-electron chi connectivity index (χ1n) is 8.01. The molecular weight excluding hydrogens is 468 g/mol. The number of alkyl halides is 3. The number of aryl methyl sites for hydroxylation is 1. The lowest BCUT2D eigenvalue weighted by atomic mass is 10.2. The number of anilines is 4. The summed E-state index contributed by atoms with van der Waals surface area (Å²) in [4.78, 5) is 9.71. The van der Waals surface area contributed by atoms with E-state index in [4.69, 9.17) is 0 Å². The Balaban J connectivity index is 2.01. The Bertz CT molecular complexity index is 942. The van der Waals surface area contributed by atoms with Gasteiger partial charge in [-0.05, 0) is 71.5 Å². The van der Waals surface area contributed by atoms with E-state index in [1.165, 1.54) is 0 Å². The molecule has 3 aromatic rings. The quantitative estimate of drug-likeness (QED) is 0.467. The summed E-state index contributed by atoms with van der Waals surface area (Å²) < 4.78 is 41.2. The molecule has 27 heavy (non-hydrogen) atoms. The second-order valence-corrected chi connectivity index (χ2v) is 7.21. The van der Waals surface area contributed by atoms with Gasteiger partial charge in [0.25, 0.3) is 0 Å². The minimum Gasteiger partial charge on any atom is -0.340 e. The largest absolute Gasteiger partial charge is 0.421 e. The van der Waals surface area contributed by atoms with E-state index in [0.29, 0.717) is 5.69 Å². The Labute approximate surface area is 168 Å². The van der Waals surface area contributed by atoms with Crippen molar-refractivity contribution in [3.8, 4) is 0 Å². The number of aromatic nitrogens is 2. The molecule has 0 bridgehead atoms. The Hall–Kier alpha value is -2.36. The highest BCUT2D eigenvalue weighted by molar-refractivity contribution is 14.1. The Morgan fingerprint density at radius 1 is 1.07 bits per heavy atom. The van der Waals surface area contributed by atoms with Crippen molar-refractivity contribution in [2.45, 2.75) is 13.1 Å². The average molecular weight is 484 g/mol. The molecule has 0 saturated heterocycles. The first kappa shape index (κ1) is 19.4. The lowest BCUT2D eigenvalue weighted by molar-refractivity contribution is -0.137. The minimum absolute atomic E-state index is 0.168. The fourth-order valence-electron chi connectivity index (χ4n) is 2.46. The maximum atomic E-state index is 13.4. The second kappa shape index (κ2) is 7.71. The van der Waals surface area contributed by atoms with Gasteiger partial charge in [0.1, 0.15) is 11.4 Å². The topological polar surface area (TPSA) is 41.1 Å². The van der Waals surface area contributed by atoms with Crippen molar-refractivity contribution in [2.75, 3.05) is 17.3 Å². The lowest BCUT2D eigenvalue weighted by Gasteiger charge is -2.20. The fraction of sp³-hybridized carbons (Fsp3) is 0.158. The van der Waals surface area contributed by atoms with Crippen molar-refractivity contribution < 1.29 is 13.2 Å². The van der Waals surface area contributed by atoms with E-state index in [-0.39, 0.29) is 11.8 Å². The third kappa shape index (κ3) is 4.68. The zero-order valence-electron chi connectivity index (χ0n) is 14.5. The molecule has 0 aliphatic rings. The van der Waals surface area contributed by atoms with Crippen molar-refractivity contribution in [2.24, 2.45) is 0 Å². The van der Waals surface area contributed by atoms with Crippen LogP contribution in [-0.4, -0.2) is 17.0 Å². The highest BCUT2D eigenvalue weighted by Gasteiger charge is 2.35. The van der Waals surface area contributed by atoms with Crippen LogP contribution in [0.2, 0.25) is 0 Å². The van der Waals surface area contributed by atoms with Crippen LogP contribution in [0.4, 0.5) is 36.3 Å². The molecule has 1 heterocycles. The highest BCUT2D eigenvalue weighted by atomic mass is 127. The number of hydrogen-bond acceptors (Lipinski definition) is 4. The van der Waals surface area contributed by atoms with Crippen LogP contribution in [0.5, 0.6) is 0 Å². The van der Waals surface area contributed by atoms with E-state index >= 15 is 0 Å². The summed E-state index contributed by atoms with van der Waals surface area (Å²) in [5, 5.41) is 2.76. The minimum atomic E-state index is -4.56. The van der Waals surface area contributed by atoms with Crippen molar-refractivity contribution in [1.82, 2.24) is 9.97 Å². The first-order valence-corrected chi connectivity index (χ1v) is 9.09. The molecule has 0 radical (unpaired) electrons. The summed E-state index contributed by atoms with van der Waals surface area (Å²) in [6.07, 6.45) is -3.75. The van der Waals surface area contributed by atoms with Crippen LogP contribution in [0.1, 0.15) is 11.1 Å². The van der Waals surface area contributed by atoms with Crippen LogP contribution in [0.15, 0.2) is 54.7 Å². The Kier molecular flexibility index (Phi) is 5.54. The van der Waals surface area contributed by atoms with Gasteiger partial charge in [-0.1, -0.05) is 12.1 Å². The maximum Gasteiger partial charge on any atom is 0.421 e. The van der Waals surface area contributed by atoms with E-state index < -0.39 is 11.7 Å². The molecule has 2 aromatic carbocycles. The van der Waals surface area contributed by atoms with Gasteiger partial charge in [-0.15, -0.1) is 0 Å². The van der Waals surface area contributed by atoms with Gasteiger partial charge in [-0.2, -0.15) is 18.2 Å². The summed E-state index contributed by atoms with van der Waals surface area (Å²) in [5.74, 6) is -0.116. The molecule has 1 aromatic heterocycles. The van der Waals surface area contributed by atoms with E-state index in [1.807, 2.05) is 31.2 Å². The standard InChI is InChI=1S/C19H16F3IN4/c1-12-4-3-5-15(10-12)27(2)18-24-11-16(19(20,21)22)17(26-18)25-14-8-6-13(23)7-9-14/h3-11H,1-2H3,(H,24,25,26). The number of benzene rings is 2. The van der Waals surface area contributed by atoms with Gasteiger partial charge in [0, 0.05) is 28.2 Å². The summed E-state index contributed by atoms with van der Waals surface area (Å²) in [5.41, 5.74) is 1.42. The summed E-state index contributed by atoms with van der Waals surface area (Å²) in [6, 6.07) is 14.6. The number of halogens is 4. The van der Waals surface area contributed by atoms with Gasteiger partial charge in [-0.25, -0.2) is 4.98 Å². The molecule has 8 heteroatoms. The molecule has 1 N–H and O–H groups in total. The van der Waals surface area contributed by atoms with Gasteiger partial charge in [0.2, 0.25) is 5.95 Å². The zero-order valence-corrected chi connectivity index (χ0v) is 16.7. The van der Waals surface area contributed by atoms with Crippen molar-refractivity contribution in [3.63, 3.8) is 0 Å². The second-order valence-electron chi connectivity index (χ2n) is 5.96. The third-order valence-corrected chi connectivity index (χ3v) is 4.60. The molecule has 3 rings (SSSR count). The normalized spacial score (nSPS) is 11.3. The fourth-order valence-corrected chi connectivity index (χ4v) is 2.82. The molecule has 0 aliphatic heterocycles. The summed E-state index contributed by atoms with van der Waals surface area (Å²) >= 11 is 2.13. The molecule has 0 amide bonds. The molecule has 0 spiro atoms. The van der Waals surface area contributed by atoms with E-state index in [0.717, 1.165) is 21.0 Å². The van der Waals surface area contributed by atoms with Gasteiger partial charge in [0.05, 0.1) is 0 Å². The van der Waals surface area contributed by atoms with Crippen molar-refractivity contribution in [1.29, 1.82) is 0 Å². The van der Waals surface area contributed by atoms with E-state index in [2.05, 4.69) is 37.9 Å². The SMILES string of the molecule is Cc1cccc(N(C)c2ncc(C(F)(F)F)c(Nc3ccc(I)cc3)n2)c1. The highest BCUT2D eigenvalue weighted by Crippen LogP contribution is 2.36. The summed E-state index contributed by atoms with van der Waals surface area (Å²) in [7, 11) is 1.71. The molecule has 0 atom stereocenters. The van der Waals surface area contributed by atoms with Gasteiger partial charge in [0.15, 0.2) is 0 Å². The number of rotatable bonds is 4. The van der Waals surface area contributed by atoms with Crippen LogP contribution in [0.3, 0.4) is 0 Å². The molecule has 0 fully saturated rings. The Morgan fingerprint density at radius 3 is 2.41 bits per heavy atom. The molecular formula is C19H16F3IN4. The van der Waals surface area contributed by atoms with Crippen LogP contribution in [0, 0.1) is 10.5 Å². The van der Waals surface area contributed by atoms with Crippen LogP contribution in [0.25, 0.3) is 0 Å². The zero-order chi connectivity index (χ0) is 19.6. The predicted octanol–water partition coefficient (Wildman–Crippen LogP) is 5.92. The summed E-state index contributed by atoms with van der Waals surface area (Å²) in [6.45, 7) is 1.94. The number of nitrogens with zero attached hydrogens (tertiary/aromatic N) is 3. The van der Waals surface area contributed by atoms with Crippen LogP contribution in [-0.2, 0) is 6.18 Å². The molecule has 140 valence electrons. The average Bonchev–Trinajstić information content (AvgIpc) is 2.62. The van der Waals surface area contributed by atoms with Crippen LogP contribution < -0.4 is 10.2 Å². The maximum absolute atomic E-state index is 13.4. The first-order chi connectivity index (χ1) is 12.7. The van der Waals surface area contributed by atoms with Crippen molar-refractivity contribution >= 4 is 45.7 Å². The van der Waals surface area contributed by atoms with Gasteiger partial charge >= 0.3 is 6.18 Å². The Morgan fingerprint density at radius 2 is 1.78 bits per heavy atom. The predicted molar refractivity (Wildman–Crippen MR) is 109 cm³/mol. The van der Waals surface area contributed by atoms with E-state index in [9.17, 15) is 13.2 Å². The van der Waals surface area contributed by atoms with Crippen LogP contribution >= 0.6 is 22.6 Å². The molecule has 4 nitrogen and oxygen atoms in total. The van der Waals surface area contributed by atoms with E-state index in [1.54, 1.807) is 36.2 Å².